The highest BCUT2D eigenvalue weighted by Gasteiger charge is 2.46. The van der Waals surface area contributed by atoms with E-state index >= 15 is 0 Å². The predicted molar refractivity (Wildman–Crippen MR) is 109 cm³/mol. The Morgan fingerprint density at radius 1 is 1.10 bits per heavy atom. The van der Waals surface area contributed by atoms with E-state index in [1.165, 1.54) is 19.2 Å². The minimum atomic E-state index is -1.21. The summed E-state index contributed by atoms with van der Waals surface area (Å²) in [5.74, 6) is -1.76. The minimum Gasteiger partial charge on any atom is -0.469 e. The van der Waals surface area contributed by atoms with E-state index in [2.05, 4.69) is 4.98 Å². The Labute approximate surface area is 177 Å². The fourth-order valence-corrected chi connectivity index (χ4v) is 3.43. The van der Waals surface area contributed by atoms with Crippen LogP contribution in [0.1, 0.15) is 23.3 Å². The summed E-state index contributed by atoms with van der Waals surface area (Å²) in [5, 5.41) is 11.3. The lowest BCUT2D eigenvalue weighted by molar-refractivity contribution is -0.389. The maximum Gasteiger partial charge on any atom is 0.366 e. The number of hydrogen-bond donors (Lipinski definition) is 0. The van der Waals surface area contributed by atoms with Crippen molar-refractivity contribution in [2.75, 3.05) is 12.0 Å². The molecule has 0 radical (unpaired) electrons. The zero-order valence-electron chi connectivity index (χ0n) is 16.4. The van der Waals surface area contributed by atoms with Crippen LogP contribution in [-0.2, 0) is 14.3 Å². The summed E-state index contributed by atoms with van der Waals surface area (Å²) in [6.45, 7) is 0. The Morgan fingerprint density at radius 2 is 1.74 bits per heavy atom. The number of ether oxygens (including phenoxy) is 2. The highest BCUT2D eigenvalue weighted by molar-refractivity contribution is 6.04. The lowest BCUT2D eigenvalue weighted by Crippen LogP contribution is -2.46. The third kappa shape index (κ3) is 3.68. The van der Waals surface area contributed by atoms with Crippen molar-refractivity contribution in [2.24, 2.45) is 0 Å². The molecule has 0 spiro atoms. The van der Waals surface area contributed by atoms with E-state index in [-0.39, 0.29) is 11.6 Å². The van der Waals surface area contributed by atoms with Crippen LogP contribution >= 0.6 is 0 Å². The summed E-state index contributed by atoms with van der Waals surface area (Å²) < 4.78 is 10.8. The highest BCUT2D eigenvalue weighted by atomic mass is 16.6. The van der Waals surface area contributed by atoms with Crippen LogP contribution in [0.3, 0.4) is 0 Å². The SMILES string of the molecule is COC(=O)C(c1ccccc1)N1C(=O)C(c2ccccc2)Oc2ccc([N+](=O)[O-])nc21. The second kappa shape index (κ2) is 8.23. The number of carbonyl (C=O) groups excluding carboxylic acids is 2. The zero-order valence-corrected chi connectivity index (χ0v) is 16.4. The Hall–Kier alpha value is -4.27. The normalized spacial score (nSPS) is 16.1. The van der Waals surface area contributed by atoms with Crippen molar-refractivity contribution < 1.29 is 24.0 Å². The van der Waals surface area contributed by atoms with Gasteiger partial charge in [-0.1, -0.05) is 60.7 Å². The number of benzene rings is 2. The Balaban J connectivity index is 1.92. The van der Waals surface area contributed by atoms with Gasteiger partial charge < -0.3 is 19.6 Å². The maximum atomic E-state index is 13.6. The molecule has 2 heterocycles. The second-order valence-electron chi connectivity index (χ2n) is 6.70. The van der Waals surface area contributed by atoms with Crippen LogP contribution in [0, 0.1) is 10.1 Å². The molecular weight excluding hydrogens is 402 g/mol. The lowest BCUT2D eigenvalue weighted by Gasteiger charge is -2.35. The molecule has 0 aliphatic carbocycles. The van der Waals surface area contributed by atoms with Gasteiger partial charge in [-0.2, -0.15) is 0 Å². The molecule has 1 aromatic heterocycles. The summed E-state index contributed by atoms with van der Waals surface area (Å²) >= 11 is 0. The van der Waals surface area contributed by atoms with Crippen molar-refractivity contribution in [3.63, 3.8) is 0 Å². The molecule has 1 aliphatic heterocycles. The molecule has 4 rings (SSSR count). The average Bonchev–Trinajstić information content (AvgIpc) is 2.81. The van der Waals surface area contributed by atoms with Crippen LogP contribution in [0.4, 0.5) is 11.6 Å². The van der Waals surface area contributed by atoms with Gasteiger partial charge in [-0.3, -0.25) is 9.69 Å². The lowest BCUT2D eigenvalue weighted by atomic mass is 10.0. The van der Waals surface area contributed by atoms with E-state index in [1.54, 1.807) is 60.7 Å². The molecule has 2 atom stereocenters. The van der Waals surface area contributed by atoms with Crippen LogP contribution in [-0.4, -0.2) is 28.9 Å². The van der Waals surface area contributed by atoms with Gasteiger partial charge in [-0.15, -0.1) is 0 Å². The van der Waals surface area contributed by atoms with Crippen molar-refractivity contribution in [3.8, 4) is 5.75 Å². The predicted octanol–water partition coefficient (Wildman–Crippen LogP) is 3.37. The van der Waals surface area contributed by atoms with E-state index < -0.39 is 34.8 Å². The minimum absolute atomic E-state index is 0.120. The summed E-state index contributed by atoms with van der Waals surface area (Å²) in [6.07, 6.45) is -1.06. The average molecular weight is 419 g/mol. The third-order valence-electron chi connectivity index (χ3n) is 4.85. The van der Waals surface area contributed by atoms with Crippen LogP contribution in [0.2, 0.25) is 0 Å². The van der Waals surface area contributed by atoms with Gasteiger partial charge in [0.1, 0.15) is 0 Å². The number of methoxy groups -OCH3 is 1. The number of esters is 1. The zero-order chi connectivity index (χ0) is 22.0. The first-order valence-electron chi connectivity index (χ1n) is 9.34. The molecule has 2 aromatic carbocycles. The standard InChI is InChI=1S/C22H17N3O6/c1-30-22(27)18(14-8-4-2-5-9-14)24-20-16(12-13-17(23-20)25(28)29)31-19(21(24)26)15-10-6-3-7-11-15/h2-13,18-19H,1H3. The van der Waals surface area contributed by atoms with Gasteiger partial charge in [-0.05, 0) is 21.5 Å². The molecule has 0 N–H and O–H groups in total. The molecule has 1 aliphatic rings. The molecule has 0 fully saturated rings. The Morgan fingerprint density at radius 3 is 2.35 bits per heavy atom. The van der Waals surface area contributed by atoms with Gasteiger partial charge in [0.2, 0.25) is 6.10 Å². The maximum absolute atomic E-state index is 13.6. The first-order valence-corrected chi connectivity index (χ1v) is 9.34. The van der Waals surface area contributed by atoms with Crippen molar-refractivity contribution in [3.05, 3.63) is 94.0 Å². The topological polar surface area (TPSA) is 112 Å². The Kier molecular flexibility index (Phi) is 5.31. The van der Waals surface area contributed by atoms with E-state index in [4.69, 9.17) is 9.47 Å². The fraction of sp³-hybridized carbons (Fsp3) is 0.136. The van der Waals surface area contributed by atoms with Crippen LogP contribution in [0.15, 0.2) is 72.8 Å². The van der Waals surface area contributed by atoms with Gasteiger partial charge >= 0.3 is 11.8 Å². The van der Waals surface area contributed by atoms with Crippen molar-refractivity contribution >= 4 is 23.5 Å². The number of nitrogens with zero attached hydrogens (tertiary/aromatic N) is 3. The number of nitro groups is 1. The van der Waals surface area contributed by atoms with Crippen LogP contribution in [0.5, 0.6) is 5.75 Å². The van der Waals surface area contributed by atoms with Gasteiger partial charge in [0.25, 0.3) is 11.7 Å². The van der Waals surface area contributed by atoms with E-state index in [1.807, 2.05) is 0 Å². The Bertz CT molecular complexity index is 1140. The number of pyridine rings is 1. The molecule has 31 heavy (non-hydrogen) atoms. The third-order valence-corrected chi connectivity index (χ3v) is 4.85. The molecular formula is C22H17N3O6. The number of fused-ring (bicyclic) bond motifs is 1. The number of carbonyl (C=O) groups is 2. The molecule has 2 unspecified atom stereocenters. The first-order chi connectivity index (χ1) is 15.0. The van der Waals surface area contributed by atoms with E-state index in [0.717, 1.165) is 4.90 Å². The molecule has 156 valence electrons. The van der Waals surface area contributed by atoms with Crippen LogP contribution in [0.25, 0.3) is 0 Å². The second-order valence-corrected chi connectivity index (χ2v) is 6.70. The molecule has 9 nitrogen and oxygen atoms in total. The summed E-state index contributed by atoms with van der Waals surface area (Å²) in [5.41, 5.74) is 1.04. The molecule has 1 amide bonds. The quantitative estimate of drug-likeness (QED) is 0.354. The largest absolute Gasteiger partial charge is 0.469 e. The van der Waals surface area contributed by atoms with Gasteiger partial charge in [0.05, 0.1) is 7.11 Å². The van der Waals surface area contributed by atoms with Gasteiger partial charge in [0, 0.05) is 11.6 Å². The fourth-order valence-electron chi connectivity index (χ4n) is 3.43. The smallest absolute Gasteiger partial charge is 0.366 e. The number of hydrogen-bond acceptors (Lipinski definition) is 7. The number of anilines is 1. The van der Waals surface area contributed by atoms with Crippen LogP contribution < -0.4 is 9.64 Å². The number of rotatable bonds is 5. The van der Waals surface area contributed by atoms with Crippen molar-refractivity contribution in [2.45, 2.75) is 12.1 Å². The number of aromatic nitrogens is 1. The number of amides is 1. The molecule has 0 bridgehead atoms. The summed E-state index contributed by atoms with van der Waals surface area (Å²) in [6, 6.07) is 18.6. The summed E-state index contributed by atoms with van der Waals surface area (Å²) in [7, 11) is 1.21. The van der Waals surface area contributed by atoms with E-state index in [0.29, 0.717) is 11.1 Å². The summed E-state index contributed by atoms with van der Waals surface area (Å²) in [4.78, 5) is 42.1. The monoisotopic (exact) mass is 419 g/mol. The molecule has 3 aromatic rings. The van der Waals surface area contributed by atoms with Crippen molar-refractivity contribution in [1.82, 2.24) is 4.98 Å². The van der Waals surface area contributed by atoms with Gasteiger partial charge in [0.15, 0.2) is 11.8 Å². The van der Waals surface area contributed by atoms with Gasteiger partial charge in [-0.25, -0.2) is 4.79 Å². The molecule has 0 saturated heterocycles. The first kappa shape index (κ1) is 20.0. The molecule has 0 saturated carbocycles. The van der Waals surface area contributed by atoms with E-state index in [9.17, 15) is 19.7 Å². The highest BCUT2D eigenvalue weighted by Crippen LogP contribution is 2.43. The molecule has 9 heteroatoms. The van der Waals surface area contributed by atoms with Crippen molar-refractivity contribution in [1.29, 1.82) is 0 Å².